The number of nitrogens with one attached hydrogen (secondary N) is 2. The molecule has 0 unspecified atom stereocenters. The molecule has 3 aromatic rings. The molecule has 3 heterocycles. The van der Waals surface area contributed by atoms with Crippen molar-refractivity contribution in [2.45, 2.75) is 58.4 Å². The number of hydrogen-bond donors (Lipinski definition) is 2. The maximum atomic E-state index is 12.7. The van der Waals surface area contributed by atoms with Gasteiger partial charge in [-0.3, -0.25) is 9.36 Å². The highest BCUT2D eigenvalue weighted by Gasteiger charge is 2.26. The van der Waals surface area contributed by atoms with E-state index in [4.69, 9.17) is 4.74 Å². The maximum Gasteiger partial charge on any atom is 0.223 e. The van der Waals surface area contributed by atoms with E-state index in [9.17, 15) is 4.79 Å². The Labute approximate surface area is 229 Å². The Bertz CT molecular complexity index is 1210. The molecule has 0 bridgehead atoms. The number of nitrogens with zero attached hydrogens (tertiary/aromatic N) is 4. The van der Waals surface area contributed by atoms with Gasteiger partial charge in [-0.15, -0.1) is 10.2 Å². The summed E-state index contributed by atoms with van der Waals surface area (Å²) in [6, 6.07) is 12.1. The third-order valence-corrected chi connectivity index (χ3v) is 8.33. The van der Waals surface area contributed by atoms with E-state index in [0.717, 1.165) is 66.3 Å². The summed E-state index contributed by atoms with van der Waals surface area (Å²) in [6.07, 6.45) is 12.1. The molecule has 8 nitrogen and oxygen atoms in total. The lowest BCUT2D eigenvalue weighted by atomic mass is 9.95. The number of rotatable bonds is 11. The summed E-state index contributed by atoms with van der Waals surface area (Å²) < 4.78 is 7.61. The Morgan fingerprint density at radius 1 is 1.11 bits per heavy atom. The lowest BCUT2D eigenvalue weighted by Gasteiger charge is -2.30. The van der Waals surface area contributed by atoms with Gasteiger partial charge in [-0.2, -0.15) is 0 Å². The summed E-state index contributed by atoms with van der Waals surface area (Å²) in [6.45, 7) is 5.74. The van der Waals surface area contributed by atoms with Crippen molar-refractivity contribution in [1.29, 1.82) is 0 Å². The first-order chi connectivity index (χ1) is 18.7. The molecule has 202 valence electrons. The fourth-order valence-corrected chi connectivity index (χ4v) is 6.08. The van der Waals surface area contributed by atoms with E-state index in [2.05, 4.69) is 42.4 Å². The lowest BCUT2D eigenvalue weighted by molar-refractivity contribution is -0.125. The standard InChI is InChI=1S/C29H38N6O2S/c1-2-37-26-12-10-24(11-13-26)31-21-25-9-6-18-35(25)29-33-32-28(38-29)34-19-15-23(16-20-34)27(36)30-17-14-22-7-4-3-5-8-22/h6-7,9-13,18,23,31H,2-5,8,14-17,19-21H2,1H3,(H,30,36). The van der Waals surface area contributed by atoms with Gasteiger partial charge in [0.1, 0.15) is 5.75 Å². The number of hydrogen-bond acceptors (Lipinski definition) is 7. The zero-order valence-corrected chi connectivity index (χ0v) is 23.0. The monoisotopic (exact) mass is 534 g/mol. The lowest BCUT2D eigenvalue weighted by Crippen LogP contribution is -2.40. The van der Waals surface area contributed by atoms with E-state index >= 15 is 0 Å². The normalized spacial score (nSPS) is 16.2. The van der Waals surface area contributed by atoms with Gasteiger partial charge in [-0.1, -0.05) is 23.0 Å². The molecule has 9 heteroatoms. The van der Waals surface area contributed by atoms with Crippen LogP contribution in [0.4, 0.5) is 10.8 Å². The minimum absolute atomic E-state index is 0.0868. The molecule has 0 atom stereocenters. The minimum atomic E-state index is 0.0868. The molecule has 0 saturated carbocycles. The van der Waals surface area contributed by atoms with Crippen LogP contribution in [0.15, 0.2) is 54.2 Å². The van der Waals surface area contributed by atoms with E-state index in [1.54, 1.807) is 11.3 Å². The molecule has 2 N–H and O–H groups in total. The van der Waals surface area contributed by atoms with Crippen molar-refractivity contribution in [2.75, 3.05) is 36.5 Å². The maximum absolute atomic E-state index is 12.7. The van der Waals surface area contributed by atoms with Gasteiger partial charge in [-0.05, 0) is 88.3 Å². The van der Waals surface area contributed by atoms with Gasteiger partial charge in [0.25, 0.3) is 0 Å². The van der Waals surface area contributed by atoms with Crippen LogP contribution in [0.3, 0.4) is 0 Å². The van der Waals surface area contributed by atoms with Crippen LogP contribution in [0.5, 0.6) is 5.75 Å². The number of piperidine rings is 1. The van der Waals surface area contributed by atoms with Crippen LogP contribution < -0.4 is 20.3 Å². The van der Waals surface area contributed by atoms with Crippen molar-refractivity contribution in [1.82, 2.24) is 20.1 Å². The molecule has 1 amide bonds. The highest BCUT2D eigenvalue weighted by Crippen LogP contribution is 2.29. The largest absolute Gasteiger partial charge is 0.494 e. The van der Waals surface area contributed by atoms with E-state index in [1.807, 2.05) is 43.5 Å². The van der Waals surface area contributed by atoms with Crippen LogP contribution in [-0.4, -0.2) is 46.9 Å². The quantitative estimate of drug-likeness (QED) is 0.313. The average Bonchev–Trinajstić information content (AvgIpc) is 3.63. The van der Waals surface area contributed by atoms with Crippen LogP contribution in [0.1, 0.15) is 57.6 Å². The molecule has 0 spiro atoms. The summed E-state index contributed by atoms with van der Waals surface area (Å²) in [5.74, 6) is 1.17. The van der Waals surface area contributed by atoms with Crippen LogP contribution in [-0.2, 0) is 11.3 Å². The zero-order valence-electron chi connectivity index (χ0n) is 22.2. The molecule has 5 rings (SSSR count). The minimum Gasteiger partial charge on any atom is -0.494 e. The van der Waals surface area contributed by atoms with Crippen molar-refractivity contribution in [3.05, 3.63) is 59.9 Å². The van der Waals surface area contributed by atoms with E-state index < -0.39 is 0 Å². The van der Waals surface area contributed by atoms with Gasteiger partial charge in [-0.25, -0.2) is 0 Å². The van der Waals surface area contributed by atoms with Crippen LogP contribution in [0, 0.1) is 5.92 Å². The first-order valence-corrected chi connectivity index (χ1v) is 14.7. The summed E-state index contributed by atoms with van der Waals surface area (Å²) >= 11 is 1.60. The number of benzene rings is 1. The third-order valence-electron chi connectivity index (χ3n) is 7.35. The van der Waals surface area contributed by atoms with Crippen molar-refractivity contribution < 1.29 is 9.53 Å². The fourth-order valence-electron chi connectivity index (χ4n) is 5.16. The van der Waals surface area contributed by atoms with Gasteiger partial charge in [0.15, 0.2) is 0 Å². The number of carbonyl (C=O) groups is 1. The van der Waals surface area contributed by atoms with E-state index in [0.29, 0.717) is 13.2 Å². The summed E-state index contributed by atoms with van der Waals surface area (Å²) in [7, 11) is 0. The van der Waals surface area contributed by atoms with Gasteiger partial charge >= 0.3 is 0 Å². The molecule has 1 aliphatic heterocycles. The molecule has 38 heavy (non-hydrogen) atoms. The second-order valence-corrected chi connectivity index (χ2v) is 10.9. The number of carbonyl (C=O) groups excluding carboxylic acids is 1. The Hall–Kier alpha value is -3.33. The Morgan fingerprint density at radius 3 is 2.68 bits per heavy atom. The molecule has 0 radical (unpaired) electrons. The van der Waals surface area contributed by atoms with E-state index in [-0.39, 0.29) is 11.8 Å². The van der Waals surface area contributed by atoms with Gasteiger partial charge in [0.2, 0.25) is 16.2 Å². The smallest absolute Gasteiger partial charge is 0.223 e. The Kier molecular flexibility index (Phi) is 8.96. The van der Waals surface area contributed by atoms with Crippen molar-refractivity contribution in [3.63, 3.8) is 0 Å². The topological polar surface area (TPSA) is 84.3 Å². The number of aromatic nitrogens is 3. The predicted octanol–water partition coefficient (Wildman–Crippen LogP) is 5.56. The van der Waals surface area contributed by atoms with Crippen molar-refractivity contribution in [2.24, 2.45) is 5.92 Å². The predicted molar refractivity (Wildman–Crippen MR) is 153 cm³/mol. The molecule has 2 aliphatic rings. The first-order valence-electron chi connectivity index (χ1n) is 13.9. The van der Waals surface area contributed by atoms with Gasteiger partial charge < -0.3 is 20.3 Å². The fraction of sp³-hybridized carbons (Fsp3) is 0.483. The van der Waals surface area contributed by atoms with Crippen LogP contribution in [0.25, 0.3) is 5.13 Å². The summed E-state index contributed by atoms with van der Waals surface area (Å²) in [4.78, 5) is 15.0. The zero-order chi connectivity index (χ0) is 26.2. The molecule has 2 aromatic heterocycles. The highest BCUT2D eigenvalue weighted by atomic mass is 32.1. The van der Waals surface area contributed by atoms with Crippen LogP contribution >= 0.6 is 11.3 Å². The molecular formula is C29H38N6O2S. The van der Waals surface area contributed by atoms with Crippen LogP contribution in [0.2, 0.25) is 0 Å². The molecule has 1 saturated heterocycles. The van der Waals surface area contributed by atoms with Gasteiger partial charge in [0.05, 0.1) is 13.2 Å². The second-order valence-electron chi connectivity index (χ2n) is 9.96. The SMILES string of the molecule is CCOc1ccc(NCc2cccn2-c2nnc(N3CCC(C(=O)NCCC4=CCCCC4)CC3)s2)cc1. The van der Waals surface area contributed by atoms with Crippen molar-refractivity contribution >= 4 is 28.1 Å². The Balaban J connectivity index is 1.10. The highest BCUT2D eigenvalue weighted by molar-refractivity contribution is 7.17. The molecular weight excluding hydrogens is 496 g/mol. The first kappa shape index (κ1) is 26.3. The van der Waals surface area contributed by atoms with E-state index in [1.165, 1.54) is 31.3 Å². The summed E-state index contributed by atoms with van der Waals surface area (Å²) in [5, 5.41) is 17.4. The number of anilines is 2. The summed E-state index contributed by atoms with van der Waals surface area (Å²) in [5.41, 5.74) is 3.66. The molecule has 1 aromatic carbocycles. The average molecular weight is 535 g/mol. The molecule has 1 fully saturated rings. The van der Waals surface area contributed by atoms with Gasteiger partial charge in [0, 0.05) is 43.1 Å². The molecule has 1 aliphatic carbocycles. The Morgan fingerprint density at radius 2 is 1.92 bits per heavy atom. The second kappa shape index (κ2) is 13.0. The van der Waals surface area contributed by atoms with Crippen molar-refractivity contribution in [3.8, 4) is 10.9 Å². The number of amides is 1. The number of ether oxygens (including phenoxy) is 1. The third kappa shape index (κ3) is 6.75. The number of allylic oxidation sites excluding steroid dienone is 1.